The zero-order chi connectivity index (χ0) is 51.4. The van der Waals surface area contributed by atoms with Crippen molar-refractivity contribution in [3.8, 4) is 0 Å². The number of esters is 3. The van der Waals surface area contributed by atoms with Crippen LogP contribution in [0.5, 0.6) is 0 Å². The second-order valence-electron chi connectivity index (χ2n) is 21.0. The first-order chi connectivity index (χ1) is 35.0. The van der Waals surface area contributed by atoms with Gasteiger partial charge in [0.05, 0.1) is 0 Å². The van der Waals surface area contributed by atoms with Gasteiger partial charge >= 0.3 is 17.9 Å². The van der Waals surface area contributed by atoms with E-state index in [-0.39, 0.29) is 37.5 Å². The highest BCUT2D eigenvalue weighted by Crippen LogP contribution is 2.18. The van der Waals surface area contributed by atoms with Gasteiger partial charge in [0.2, 0.25) is 0 Å². The predicted molar refractivity (Wildman–Crippen MR) is 307 cm³/mol. The molecule has 1 atom stereocenters. The smallest absolute Gasteiger partial charge is 0.306 e. The highest BCUT2D eigenvalue weighted by Gasteiger charge is 2.19. The Hall–Kier alpha value is -2.63. The van der Waals surface area contributed by atoms with E-state index in [1.807, 2.05) is 12.2 Å². The Bertz CT molecular complexity index is 1230. The molecule has 0 saturated heterocycles. The zero-order valence-electron chi connectivity index (χ0n) is 47.5. The fraction of sp³-hybridized carbons (Fsp3) is 0.831. The van der Waals surface area contributed by atoms with Crippen LogP contribution in [0.2, 0.25) is 0 Å². The number of carbonyl (C=O) groups excluding carboxylic acids is 3. The predicted octanol–water partition coefficient (Wildman–Crippen LogP) is 21.0. The van der Waals surface area contributed by atoms with E-state index < -0.39 is 6.10 Å². The van der Waals surface area contributed by atoms with Crippen LogP contribution in [0, 0.1) is 0 Å². The molecule has 1 unspecified atom stereocenters. The van der Waals surface area contributed by atoms with Crippen molar-refractivity contribution in [1.29, 1.82) is 0 Å². The van der Waals surface area contributed by atoms with Gasteiger partial charge < -0.3 is 14.2 Å². The summed E-state index contributed by atoms with van der Waals surface area (Å²) in [6, 6.07) is 0. The minimum absolute atomic E-state index is 0.0987. The van der Waals surface area contributed by atoms with E-state index in [4.69, 9.17) is 14.2 Å². The monoisotopic (exact) mass is 995 g/mol. The molecule has 0 radical (unpaired) electrons. The molecule has 0 spiro atoms. The molecule has 0 aliphatic rings. The van der Waals surface area contributed by atoms with E-state index in [9.17, 15) is 14.4 Å². The molecule has 0 aliphatic heterocycles. The quantitative estimate of drug-likeness (QED) is 0.0261. The minimum Gasteiger partial charge on any atom is -0.462 e. The molecular formula is C65H118O6. The summed E-state index contributed by atoms with van der Waals surface area (Å²) in [6.45, 7) is 6.43. The van der Waals surface area contributed by atoms with Crippen LogP contribution >= 0.6 is 0 Å². The van der Waals surface area contributed by atoms with Crippen LogP contribution in [-0.4, -0.2) is 37.2 Å². The van der Waals surface area contributed by atoms with Crippen LogP contribution in [0.25, 0.3) is 0 Å². The third-order valence-electron chi connectivity index (χ3n) is 13.9. The molecule has 6 heteroatoms. The van der Waals surface area contributed by atoms with Crippen molar-refractivity contribution in [1.82, 2.24) is 0 Å². The van der Waals surface area contributed by atoms with Crippen LogP contribution in [0.1, 0.15) is 329 Å². The van der Waals surface area contributed by atoms with Crippen LogP contribution in [-0.2, 0) is 28.6 Å². The maximum absolute atomic E-state index is 12.7. The van der Waals surface area contributed by atoms with E-state index in [1.165, 1.54) is 218 Å². The van der Waals surface area contributed by atoms with E-state index in [0.29, 0.717) is 19.3 Å². The van der Waals surface area contributed by atoms with Crippen LogP contribution in [0.4, 0.5) is 0 Å². The fourth-order valence-electron chi connectivity index (χ4n) is 9.22. The van der Waals surface area contributed by atoms with Gasteiger partial charge in [-0.3, -0.25) is 14.4 Å². The number of unbranched alkanes of at least 4 members (excludes halogenated alkanes) is 38. The highest BCUT2D eigenvalue weighted by molar-refractivity contribution is 5.71. The van der Waals surface area contributed by atoms with Crippen molar-refractivity contribution in [3.63, 3.8) is 0 Å². The Morgan fingerprint density at radius 3 is 0.831 bits per heavy atom. The standard InChI is InChI=1S/C65H118O6/c1-4-7-10-13-16-18-20-22-23-24-25-26-27-28-29-30-31-32-33-34-35-36-37-38-39-40-41-42-44-45-47-49-52-55-58-64(67)70-61-62(60-69-63(66)57-54-51-15-12-9-6-3)71-65(68)59-56-53-50-48-46-43-21-19-17-14-11-8-5-2/h8,11,17,19,43,46,50,53,62H,4-7,9-10,12-16,18,20-42,44-45,47-49,51-52,54-61H2,1-3H3/b11-8-,19-17-,46-43-,53-50-. The summed E-state index contributed by atoms with van der Waals surface area (Å²) in [6.07, 6.45) is 75.0. The topological polar surface area (TPSA) is 78.9 Å². The van der Waals surface area contributed by atoms with Crippen molar-refractivity contribution in [3.05, 3.63) is 48.6 Å². The SMILES string of the molecule is CC/C=C\C/C=C\C/C=C\C/C=C\CCC(=O)OC(COC(=O)CCCCCCCC)COC(=O)CCCCCCCCCCCCCCCCCCCCCCCCCCCCCCCCCCCC. The first-order valence-corrected chi connectivity index (χ1v) is 31.1. The summed E-state index contributed by atoms with van der Waals surface area (Å²) in [4.78, 5) is 37.8. The number of allylic oxidation sites excluding steroid dienone is 8. The largest absolute Gasteiger partial charge is 0.462 e. The number of hydrogen-bond acceptors (Lipinski definition) is 6. The second kappa shape index (κ2) is 59.9. The maximum atomic E-state index is 12.7. The molecule has 0 aromatic carbocycles. The Morgan fingerprint density at radius 2 is 0.549 bits per heavy atom. The Morgan fingerprint density at radius 1 is 0.296 bits per heavy atom. The average molecular weight is 996 g/mol. The van der Waals surface area contributed by atoms with E-state index in [0.717, 1.165) is 64.2 Å². The minimum atomic E-state index is -0.805. The highest BCUT2D eigenvalue weighted by atomic mass is 16.6. The maximum Gasteiger partial charge on any atom is 0.306 e. The normalized spacial score (nSPS) is 12.3. The Balaban J connectivity index is 3.89. The number of carbonyl (C=O) groups is 3. The van der Waals surface area contributed by atoms with Gasteiger partial charge in [0.15, 0.2) is 6.10 Å². The Labute approximate surface area is 441 Å². The van der Waals surface area contributed by atoms with Gasteiger partial charge in [0.1, 0.15) is 13.2 Å². The molecule has 0 amide bonds. The van der Waals surface area contributed by atoms with Gasteiger partial charge in [-0.1, -0.05) is 313 Å². The molecular weight excluding hydrogens is 877 g/mol. The number of hydrogen-bond donors (Lipinski definition) is 0. The molecule has 0 fully saturated rings. The molecule has 71 heavy (non-hydrogen) atoms. The molecule has 0 heterocycles. The van der Waals surface area contributed by atoms with Crippen molar-refractivity contribution in [2.24, 2.45) is 0 Å². The molecule has 0 rings (SSSR count). The van der Waals surface area contributed by atoms with Crippen LogP contribution in [0.3, 0.4) is 0 Å². The molecule has 6 nitrogen and oxygen atoms in total. The number of rotatable bonds is 57. The van der Waals surface area contributed by atoms with Crippen LogP contribution in [0.15, 0.2) is 48.6 Å². The van der Waals surface area contributed by atoms with Crippen molar-refractivity contribution >= 4 is 17.9 Å². The zero-order valence-corrected chi connectivity index (χ0v) is 47.5. The van der Waals surface area contributed by atoms with Gasteiger partial charge in [-0.2, -0.15) is 0 Å². The summed E-state index contributed by atoms with van der Waals surface area (Å²) in [5, 5.41) is 0. The van der Waals surface area contributed by atoms with Crippen LogP contribution < -0.4 is 0 Å². The average Bonchev–Trinajstić information content (AvgIpc) is 3.37. The lowest BCUT2D eigenvalue weighted by Gasteiger charge is -2.18. The van der Waals surface area contributed by atoms with Gasteiger partial charge in [-0.15, -0.1) is 0 Å². The van der Waals surface area contributed by atoms with Crippen molar-refractivity contribution in [2.75, 3.05) is 13.2 Å². The van der Waals surface area contributed by atoms with Gasteiger partial charge in [-0.25, -0.2) is 0 Å². The molecule has 0 saturated carbocycles. The summed E-state index contributed by atoms with van der Waals surface area (Å²) >= 11 is 0. The summed E-state index contributed by atoms with van der Waals surface area (Å²) in [7, 11) is 0. The molecule has 0 aromatic heterocycles. The lowest BCUT2D eigenvalue weighted by Crippen LogP contribution is -2.30. The van der Waals surface area contributed by atoms with Gasteiger partial charge in [-0.05, 0) is 44.9 Å². The molecule has 0 aromatic rings. The molecule has 0 N–H and O–H groups in total. The van der Waals surface area contributed by atoms with Gasteiger partial charge in [0.25, 0.3) is 0 Å². The lowest BCUT2D eigenvalue weighted by molar-refractivity contribution is -0.166. The molecule has 0 aliphatic carbocycles. The van der Waals surface area contributed by atoms with Crippen molar-refractivity contribution in [2.45, 2.75) is 335 Å². The fourth-order valence-corrected chi connectivity index (χ4v) is 9.22. The first kappa shape index (κ1) is 68.4. The third-order valence-corrected chi connectivity index (χ3v) is 13.9. The Kier molecular flexibility index (Phi) is 57.7. The second-order valence-corrected chi connectivity index (χ2v) is 21.0. The first-order valence-electron chi connectivity index (χ1n) is 31.1. The third kappa shape index (κ3) is 58.1. The van der Waals surface area contributed by atoms with E-state index in [2.05, 4.69) is 57.2 Å². The number of ether oxygens (including phenoxy) is 3. The van der Waals surface area contributed by atoms with E-state index >= 15 is 0 Å². The summed E-state index contributed by atoms with van der Waals surface area (Å²) < 4.78 is 16.7. The molecule has 414 valence electrons. The summed E-state index contributed by atoms with van der Waals surface area (Å²) in [5.74, 6) is -0.980. The van der Waals surface area contributed by atoms with E-state index in [1.54, 1.807) is 0 Å². The molecule has 0 bridgehead atoms. The summed E-state index contributed by atoms with van der Waals surface area (Å²) in [5.41, 5.74) is 0. The van der Waals surface area contributed by atoms with Crippen molar-refractivity contribution < 1.29 is 28.6 Å². The lowest BCUT2D eigenvalue weighted by atomic mass is 10.0. The van der Waals surface area contributed by atoms with Gasteiger partial charge in [0, 0.05) is 19.3 Å².